The Morgan fingerprint density at radius 3 is 2.90 bits per heavy atom. The van der Waals surface area contributed by atoms with Crippen molar-refractivity contribution in [3.05, 3.63) is 70.4 Å². The highest BCUT2D eigenvalue weighted by atomic mass is 35.5. The summed E-state index contributed by atoms with van der Waals surface area (Å²) in [5.74, 6) is 1.64. The molecule has 40 heavy (non-hydrogen) atoms. The Morgan fingerprint density at radius 1 is 1.27 bits per heavy atom. The number of aromatic carboxylic acids is 1. The maximum absolute atomic E-state index is 11.5. The molecule has 3 aromatic rings. The summed E-state index contributed by atoms with van der Waals surface area (Å²) in [4.78, 5) is 19.8. The van der Waals surface area contributed by atoms with E-state index in [1.54, 1.807) is 6.07 Å². The van der Waals surface area contributed by atoms with E-state index in [-0.39, 0.29) is 17.6 Å². The minimum atomic E-state index is -0.912. The summed E-state index contributed by atoms with van der Waals surface area (Å²) in [6, 6.07) is 7.86. The number of imidazole rings is 1. The van der Waals surface area contributed by atoms with Gasteiger partial charge in [-0.1, -0.05) is 36.4 Å². The molecule has 3 atom stereocenters. The van der Waals surface area contributed by atoms with E-state index in [4.69, 9.17) is 30.8 Å². The molecule has 1 unspecified atom stereocenters. The summed E-state index contributed by atoms with van der Waals surface area (Å²) in [5.41, 5.74) is 4.35. The van der Waals surface area contributed by atoms with Gasteiger partial charge < -0.3 is 23.9 Å². The number of carboxylic acids is 1. The number of thiophene rings is 1. The van der Waals surface area contributed by atoms with Crippen LogP contribution in [0.2, 0.25) is 0 Å². The van der Waals surface area contributed by atoms with Crippen molar-refractivity contribution in [1.82, 2.24) is 14.5 Å². The fourth-order valence-corrected chi connectivity index (χ4v) is 6.75. The van der Waals surface area contributed by atoms with Crippen LogP contribution in [0.4, 0.5) is 0 Å². The van der Waals surface area contributed by atoms with Gasteiger partial charge in [-0.25, -0.2) is 9.78 Å². The van der Waals surface area contributed by atoms with Crippen LogP contribution in [0.5, 0.6) is 11.5 Å². The Bertz CT molecular complexity index is 1550. The Morgan fingerprint density at radius 2 is 2.17 bits per heavy atom. The second kappa shape index (κ2) is 10.7. The summed E-state index contributed by atoms with van der Waals surface area (Å²) in [6.45, 7) is 4.33. The summed E-state index contributed by atoms with van der Waals surface area (Å²) < 4.78 is 20.5. The van der Waals surface area contributed by atoms with Gasteiger partial charge >= 0.3 is 5.97 Å². The fraction of sp³-hybridized carbons (Fsp3) is 0.400. The summed E-state index contributed by atoms with van der Waals surface area (Å²) in [5, 5.41) is 9.49. The molecule has 0 saturated carbocycles. The van der Waals surface area contributed by atoms with Crippen molar-refractivity contribution in [2.45, 2.75) is 49.9 Å². The zero-order chi connectivity index (χ0) is 27.2. The van der Waals surface area contributed by atoms with Gasteiger partial charge in [0.2, 0.25) is 0 Å². The first-order valence-electron chi connectivity index (χ1n) is 13.7. The number of hydrogen-bond acceptors (Lipinski definition) is 7. The third kappa shape index (κ3) is 4.96. The highest BCUT2D eigenvalue weighted by Gasteiger charge is 2.29. The predicted octanol–water partition coefficient (Wildman–Crippen LogP) is 5.51. The standard InChI is InChI=1S/C30H30ClN3O5S/c31-20-6-4-19(5-7-20)25-17-38-28-22(2-1-3-24(28)39-25)18-8-11-33(12-9-18)16-27-32-29-23(14-26(40-29)30(35)36)34(27)15-21-10-13-37-21/h1-6,8,14,20-21,25H,7,9-13,15-17H2,(H,35,36)/t20?,21-,25+/m0/s1. The molecule has 1 saturated heterocycles. The average molecular weight is 580 g/mol. The molecule has 3 aliphatic heterocycles. The molecule has 8 nitrogen and oxygen atoms in total. The van der Waals surface area contributed by atoms with Crippen LogP contribution in [0.15, 0.2) is 54.1 Å². The van der Waals surface area contributed by atoms with Gasteiger partial charge in [-0.05, 0) is 42.5 Å². The first-order chi connectivity index (χ1) is 19.5. The molecule has 1 fully saturated rings. The van der Waals surface area contributed by atoms with Crippen LogP contribution in [-0.2, 0) is 17.8 Å². The SMILES string of the molecule is O=C(O)c1cc2c(nc(CN3CC=C(c4cccc5c4OC[C@H](C4=CCC(Cl)C=C4)O5)CC3)n2C[C@@H]2CCO2)s1. The predicted molar refractivity (Wildman–Crippen MR) is 155 cm³/mol. The van der Waals surface area contributed by atoms with Crippen LogP contribution >= 0.6 is 22.9 Å². The van der Waals surface area contributed by atoms with Crippen molar-refractivity contribution in [3.8, 4) is 11.5 Å². The maximum atomic E-state index is 11.5. The number of rotatable bonds is 7. The zero-order valence-corrected chi connectivity index (χ0v) is 23.5. The summed E-state index contributed by atoms with van der Waals surface area (Å²) in [7, 11) is 0. The lowest BCUT2D eigenvalue weighted by Gasteiger charge is -2.32. The number of halogens is 1. The second-order valence-electron chi connectivity index (χ2n) is 10.6. The molecule has 4 aliphatic rings. The number of carbonyl (C=O) groups is 1. The number of nitrogens with zero attached hydrogens (tertiary/aromatic N) is 3. The molecule has 0 amide bonds. The Hall–Kier alpha value is -3.11. The van der Waals surface area contributed by atoms with Gasteiger partial charge in [0.05, 0.1) is 30.1 Å². The van der Waals surface area contributed by atoms with Crippen molar-refractivity contribution in [2.75, 3.05) is 26.3 Å². The summed E-state index contributed by atoms with van der Waals surface area (Å²) >= 11 is 7.42. The van der Waals surface area contributed by atoms with Crippen molar-refractivity contribution >= 4 is 44.8 Å². The third-order valence-electron chi connectivity index (χ3n) is 8.00. The van der Waals surface area contributed by atoms with Crippen LogP contribution < -0.4 is 9.47 Å². The molecule has 0 radical (unpaired) electrons. The molecular weight excluding hydrogens is 550 g/mol. The van der Waals surface area contributed by atoms with Crippen molar-refractivity contribution in [2.24, 2.45) is 0 Å². The molecule has 1 N–H and O–H groups in total. The second-order valence-corrected chi connectivity index (χ2v) is 12.2. The van der Waals surface area contributed by atoms with Crippen LogP contribution in [0.25, 0.3) is 15.9 Å². The number of ether oxygens (including phenoxy) is 3. The number of carboxylic acid groups (broad SMARTS) is 1. The normalized spacial score (nSPS) is 24.5. The molecule has 7 rings (SSSR count). The van der Waals surface area contributed by atoms with Gasteiger partial charge in [-0.15, -0.1) is 22.9 Å². The van der Waals surface area contributed by atoms with Crippen LogP contribution in [0.1, 0.15) is 40.3 Å². The lowest BCUT2D eigenvalue weighted by Crippen LogP contribution is -2.34. The average Bonchev–Trinajstić information content (AvgIpc) is 3.49. The minimum absolute atomic E-state index is 0.0446. The van der Waals surface area contributed by atoms with Crippen LogP contribution in [0, 0.1) is 0 Å². The first kappa shape index (κ1) is 25.8. The van der Waals surface area contributed by atoms with E-state index in [0.29, 0.717) is 24.6 Å². The van der Waals surface area contributed by atoms with E-state index in [9.17, 15) is 9.90 Å². The number of allylic oxidation sites excluding steroid dienone is 2. The van der Waals surface area contributed by atoms with Gasteiger partial charge in [0, 0.05) is 25.3 Å². The highest BCUT2D eigenvalue weighted by molar-refractivity contribution is 7.20. The highest BCUT2D eigenvalue weighted by Crippen LogP contribution is 2.41. The van der Waals surface area contributed by atoms with Gasteiger partial charge in [-0.2, -0.15) is 0 Å². The zero-order valence-electron chi connectivity index (χ0n) is 21.9. The smallest absolute Gasteiger partial charge is 0.346 e. The van der Waals surface area contributed by atoms with Crippen LogP contribution in [-0.4, -0.2) is 69.4 Å². The molecule has 1 aromatic carbocycles. The summed E-state index contributed by atoms with van der Waals surface area (Å²) in [6.07, 6.45) is 11.2. The number of alkyl halides is 1. The monoisotopic (exact) mass is 579 g/mol. The number of hydrogen-bond donors (Lipinski definition) is 1. The lowest BCUT2D eigenvalue weighted by molar-refractivity contribution is -0.0591. The lowest BCUT2D eigenvalue weighted by atomic mass is 9.97. The van der Waals surface area contributed by atoms with Crippen LogP contribution in [0.3, 0.4) is 0 Å². The third-order valence-corrected chi connectivity index (χ3v) is 9.33. The number of benzene rings is 1. The molecule has 2 aromatic heterocycles. The molecule has 208 valence electrons. The molecule has 5 heterocycles. The van der Waals surface area contributed by atoms with Crippen molar-refractivity contribution < 1.29 is 24.1 Å². The number of aromatic nitrogens is 2. The van der Waals surface area contributed by atoms with E-state index < -0.39 is 5.97 Å². The largest absolute Gasteiger partial charge is 0.485 e. The van der Waals surface area contributed by atoms with Gasteiger partial charge in [0.25, 0.3) is 0 Å². The molecule has 0 spiro atoms. The molecule has 10 heteroatoms. The first-order valence-corrected chi connectivity index (χ1v) is 15.0. The fourth-order valence-electron chi connectivity index (χ4n) is 5.69. The van der Waals surface area contributed by atoms with E-state index in [1.807, 2.05) is 24.3 Å². The van der Waals surface area contributed by atoms with E-state index in [1.165, 1.54) is 16.9 Å². The van der Waals surface area contributed by atoms with Crippen molar-refractivity contribution in [1.29, 1.82) is 0 Å². The number of para-hydroxylation sites is 1. The van der Waals surface area contributed by atoms with Gasteiger partial charge in [-0.3, -0.25) is 4.90 Å². The van der Waals surface area contributed by atoms with Crippen molar-refractivity contribution in [3.63, 3.8) is 0 Å². The quantitative estimate of drug-likeness (QED) is 0.370. The molecule has 0 bridgehead atoms. The maximum Gasteiger partial charge on any atom is 0.346 e. The molecular formula is C30H30ClN3O5S. The minimum Gasteiger partial charge on any atom is -0.485 e. The number of fused-ring (bicyclic) bond motifs is 2. The Balaban J connectivity index is 1.07. The molecule has 1 aliphatic carbocycles. The van der Waals surface area contributed by atoms with Gasteiger partial charge in [0.15, 0.2) is 17.6 Å². The topological polar surface area (TPSA) is 86.0 Å². The van der Waals surface area contributed by atoms with Gasteiger partial charge in [0.1, 0.15) is 22.1 Å². The van der Waals surface area contributed by atoms with E-state index in [2.05, 4.69) is 27.7 Å². The Labute approximate surface area is 241 Å². The Kier molecular flexibility index (Phi) is 6.91. The van der Waals surface area contributed by atoms with E-state index in [0.717, 1.165) is 77.8 Å². The van der Waals surface area contributed by atoms with E-state index >= 15 is 0 Å².